The molecule has 0 aliphatic carbocycles. The molecule has 0 aromatic heterocycles. The van der Waals surface area contributed by atoms with Crippen LogP contribution in [0.15, 0.2) is 18.2 Å². The van der Waals surface area contributed by atoms with E-state index in [1.807, 2.05) is 0 Å². The second-order valence-corrected chi connectivity index (χ2v) is 5.06. The van der Waals surface area contributed by atoms with Crippen LogP contribution in [0.1, 0.15) is 16.8 Å². The smallest absolute Gasteiger partial charge is 0.282 e. The number of benzene rings is 1. The van der Waals surface area contributed by atoms with E-state index in [2.05, 4.69) is 5.32 Å². The minimum atomic E-state index is -1.12. The first-order chi connectivity index (χ1) is 9.41. The number of carbonyl (C=O) groups excluding carboxylic acids is 1. The zero-order valence-corrected chi connectivity index (χ0v) is 11.2. The predicted molar refractivity (Wildman–Crippen MR) is 70.8 cm³/mol. The van der Waals surface area contributed by atoms with Crippen molar-refractivity contribution in [2.75, 3.05) is 19.8 Å². The van der Waals surface area contributed by atoms with E-state index in [-0.39, 0.29) is 29.4 Å². The Bertz CT molecular complexity index is 543. The van der Waals surface area contributed by atoms with Crippen molar-refractivity contribution in [3.63, 3.8) is 0 Å². The minimum absolute atomic E-state index is 0.0322. The predicted octanol–water partition coefficient (Wildman–Crippen LogP) is 1.13. The van der Waals surface area contributed by atoms with Crippen LogP contribution in [0.3, 0.4) is 0 Å². The van der Waals surface area contributed by atoms with Gasteiger partial charge < -0.3 is 15.2 Å². The molecule has 1 aromatic carbocycles. The van der Waals surface area contributed by atoms with Crippen molar-refractivity contribution < 1.29 is 19.6 Å². The number of nitro groups is 1. The van der Waals surface area contributed by atoms with Crippen LogP contribution in [-0.2, 0) is 4.74 Å². The topological polar surface area (TPSA) is 102 Å². The number of ether oxygens (including phenoxy) is 1. The van der Waals surface area contributed by atoms with E-state index in [9.17, 15) is 20.0 Å². The normalized spacial score (nSPS) is 21.7. The highest BCUT2D eigenvalue weighted by Crippen LogP contribution is 2.23. The number of hydrogen-bond acceptors (Lipinski definition) is 5. The molecular formula is C12H13ClN2O5. The molecule has 0 bridgehead atoms. The molecular weight excluding hydrogens is 288 g/mol. The number of nitro benzene ring substituents is 1. The quantitative estimate of drug-likeness (QED) is 0.641. The van der Waals surface area contributed by atoms with E-state index in [0.717, 1.165) is 0 Å². The second-order valence-electron chi connectivity index (χ2n) is 4.63. The number of aliphatic hydroxyl groups is 1. The molecule has 0 radical (unpaired) electrons. The van der Waals surface area contributed by atoms with E-state index in [1.165, 1.54) is 18.2 Å². The van der Waals surface area contributed by atoms with E-state index in [4.69, 9.17) is 16.3 Å². The molecule has 2 N–H and O–H groups in total. The van der Waals surface area contributed by atoms with Crippen LogP contribution in [0.25, 0.3) is 0 Å². The van der Waals surface area contributed by atoms with Crippen LogP contribution in [0.5, 0.6) is 0 Å². The van der Waals surface area contributed by atoms with Crippen LogP contribution >= 0.6 is 11.6 Å². The first-order valence-electron chi connectivity index (χ1n) is 5.94. The molecule has 2 rings (SSSR count). The van der Waals surface area contributed by atoms with Gasteiger partial charge in [0.1, 0.15) is 11.2 Å². The molecule has 1 fully saturated rings. The minimum Gasteiger partial charge on any atom is -0.386 e. The molecule has 1 atom stereocenters. The summed E-state index contributed by atoms with van der Waals surface area (Å²) in [6.07, 6.45) is 0.408. The highest BCUT2D eigenvalue weighted by molar-refractivity contribution is 6.31. The summed E-state index contributed by atoms with van der Waals surface area (Å²) in [4.78, 5) is 22.2. The molecule has 0 spiro atoms. The Balaban J connectivity index is 2.12. The largest absolute Gasteiger partial charge is 0.386 e. The van der Waals surface area contributed by atoms with Crippen molar-refractivity contribution >= 4 is 23.2 Å². The van der Waals surface area contributed by atoms with E-state index in [0.29, 0.717) is 13.0 Å². The fourth-order valence-electron chi connectivity index (χ4n) is 1.93. The average molecular weight is 301 g/mol. The van der Waals surface area contributed by atoms with Gasteiger partial charge in [0.15, 0.2) is 0 Å². The lowest BCUT2D eigenvalue weighted by atomic mass is 10.0. The SMILES string of the molecule is O=C(NCC1(O)CCOC1)c1cc(Cl)ccc1[N+](=O)[O-]. The maximum absolute atomic E-state index is 12.0. The van der Waals surface area contributed by atoms with Gasteiger partial charge in [0.05, 0.1) is 11.5 Å². The van der Waals surface area contributed by atoms with Crippen molar-refractivity contribution in [2.45, 2.75) is 12.0 Å². The number of hydrogen-bond donors (Lipinski definition) is 2. The van der Waals surface area contributed by atoms with Crippen molar-refractivity contribution in [1.82, 2.24) is 5.32 Å². The van der Waals surface area contributed by atoms with Crippen molar-refractivity contribution in [2.24, 2.45) is 0 Å². The number of amides is 1. The van der Waals surface area contributed by atoms with Gasteiger partial charge in [-0.3, -0.25) is 14.9 Å². The second kappa shape index (κ2) is 5.74. The lowest BCUT2D eigenvalue weighted by molar-refractivity contribution is -0.385. The van der Waals surface area contributed by atoms with Gasteiger partial charge in [-0.25, -0.2) is 0 Å². The molecule has 1 saturated heterocycles. The molecule has 20 heavy (non-hydrogen) atoms. The van der Waals surface area contributed by atoms with Gasteiger partial charge in [0.25, 0.3) is 11.6 Å². The van der Waals surface area contributed by atoms with Gasteiger partial charge in [0.2, 0.25) is 0 Å². The van der Waals surface area contributed by atoms with Crippen LogP contribution in [0.2, 0.25) is 5.02 Å². The zero-order valence-electron chi connectivity index (χ0n) is 10.5. The van der Waals surface area contributed by atoms with Gasteiger partial charge in [-0.1, -0.05) is 11.6 Å². The van der Waals surface area contributed by atoms with Crippen LogP contribution in [-0.4, -0.2) is 41.3 Å². The zero-order chi connectivity index (χ0) is 14.8. The summed E-state index contributed by atoms with van der Waals surface area (Å²) in [5.74, 6) is -0.653. The Hall–Kier alpha value is -1.70. The van der Waals surface area contributed by atoms with Crippen LogP contribution < -0.4 is 5.32 Å². The molecule has 108 valence electrons. The van der Waals surface area contributed by atoms with Crippen LogP contribution in [0, 0.1) is 10.1 Å². The van der Waals surface area contributed by atoms with Gasteiger partial charge in [-0.15, -0.1) is 0 Å². The number of nitrogens with one attached hydrogen (secondary N) is 1. The third-order valence-electron chi connectivity index (χ3n) is 3.06. The lowest BCUT2D eigenvalue weighted by Crippen LogP contribution is -2.43. The summed E-state index contributed by atoms with van der Waals surface area (Å²) in [6, 6.07) is 3.74. The summed E-state index contributed by atoms with van der Waals surface area (Å²) in [5, 5.41) is 23.6. The number of halogens is 1. The van der Waals surface area contributed by atoms with Crippen molar-refractivity contribution in [1.29, 1.82) is 0 Å². The first-order valence-corrected chi connectivity index (χ1v) is 6.31. The maximum atomic E-state index is 12.0. The Kier molecular flexibility index (Phi) is 4.22. The Morgan fingerprint density at radius 2 is 2.35 bits per heavy atom. The molecule has 1 heterocycles. The summed E-state index contributed by atoms with van der Waals surface area (Å²) in [6.45, 7) is 0.518. The number of nitrogens with zero attached hydrogens (tertiary/aromatic N) is 1. The van der Waals surface area contributed by atoms with Gasteiger partial charge in [-0.05, 0) is 12.1 Å². The van der Waals surface area contributed by atoms with Crippen molar-refractivity contribution in [3.8, 4) is 0 Å². The van der Waals surface area contributed by atoms with E-state index in [1.54, 1.807) is 0 Å². The molecule has 8 heteroatoms. The fourth-order valence-corrected chi connectivity index (χ4v) is 2.10. The number of rotatable bonds is 4. The summed E-state index contributed by atoms with van der Waals surface area (Å²) < 4.78 is 5.05. The van der Waals surface area contributed by atoms with Gasteiger partial charge in [0, 0.05) is 30.7 Å². The molecule has 1 amide bonds. The lowest BCUT2D eigenvalue weighted by Gasteiger charge is -2.20. The number of carbonyl (C=O) groups is 1. The average Bonchev–Trinajstić information content (AvgIpc) is 2.83. The third kappa shape index (κ3) is 3.24. The molecule has 1 aliphatic heterocycles. The monoisotopic (exact) mass is 300 g/mol. The molecule has 1 aliphatic rings. The molecule has 1 aromatic rings. The Labute approximate surface area is 119 Å². The van der Waals surface area contributed by atoms with E-state index < -0.39 is 16.4 Å². The van der Waals surface area contributed by atoms with Crippen LogP contribution in [0.4, 0.5) is 5.69 Å². The van der Waals surface area contributed by atoms with Gasteiger partial charge >= 0.3 is 0 Å². The fraction of sp³-hybridized carbons (Fsp3) is 0.417. The Morgan fingerprint density at radius 1 is 1.60 bits per heavy atom. The highest BCUT2D eigenvalue weighted by atomic mass is 35.5. The Morgan fingerprint density at radius 3 is 2.95 bits per heavy atom. The first kappa shape index (κ1) is 14.7. The molecule has 0 saturated carbocycles. The van der Waals surface area contributed by atoms with Crippen molar-refractivity contribution in [3.05, 3.63) is 38.9 Å². The summed E-state index contributed by atoms with van der Waals surface area (Å²) >= 11 is 5.75. The summed E-state index contributed by atoms with van der Waals surface area (Å²) in [7, 11) is 0. The third-order valence-corrected chi connectivity index (χ3v) is 3.30. The maximum Gasteiger partial charge on any atom is 0.282 e. The van der Waals surface area contributed by atoms with Gasteiger partial charge in [-0.2, -0.15) is 0 Å². The summed E-state index contributed by atoms with van der Waals surface area (Å²) in [5.41, 5.74) is -1.59. The highest BCUT2D eigenvalue weighted by Gasteiger charge is 2.33. The molecule has 7 nitrogen and oxygen atoms in total. The standard InChI is InChI=1S/C12H13ClN2O5/c13-8-1-2-10(15(18)19)9(5-8)11(16)14-6-12(17)3-4-20-7-12/h1-2,5,17H,3-4,6-7H2,(H,14,16). The van der Waals surface area contributed by atoms with E-state index >= 15 is 0 Å². The molecule has 1 unspecified atom stereocenters.